The molecule has 0 bridgehead atoms. The molecule has 0 spiro atoms. The molecule has 1 rings (SSSR count). The third-order valence-electron chi connectivity index (χ3n) is 2.86. The van der Waals surface area contributed by atoms with Crippen LogP contribution in [0, 0.1) is 0 Å². The highest BCUT2D eigenvalue weighted by Gasteiger charge is 2.20. The summed E-state index contributed by atoms with van der Waals surface area (Å²) >= 11 is 0. The van der Waals surface area contributed by atoms with Gasteiger partial charge in [-0.2, -0.15) is 0 Å². The maximum atomic E-state index is 2.39. The molecule has 0 radical (unpaired) electrons. The van der Waals surface area contributed by atoms with Crippen LogP contribution in [-0.2, 0) is 0 Å². The van der Waals surface area contributed by atoms with E-state index < -0.39 is 0 Å². The van der Waals surface area contributed by atoms with Gasteiger partial charge in [-0.15, -0.1) is 0 Å². The van der Waals surface area contributed by atoms with Crippen molar-refractivity contribution in [2.24, 2.45) is 0 Å². The molecule has 48 valence electrons. The fourth-order valence-electron chi connectivity index (χ4n) is 1.82. The van der Waals surface area contributed by atoms with E-state index in [4.69, 9.17) is 0 Å². The third-order valence-corrected chi connectivity index (χ3v) is 2.86. The molecular weight excluding hydrogens is 105 g/mol. The summed E-state index contributed by atoms with van der Waals surface area (Å²) in [7, 11) is 7.15. The Labute approximate surface area is 61.0 Å². The number of hydrogen-bond acceptors (Lipinski definition) is 0. The van der Waals surface area contributed by atoms with Gasteiger partial charge in [0.1, 0.15) is 23.5 Å². The van der Waals surface area contributed by atoms with Gasteiger partial charge in [-0.1, -0.05) is 36.7 Å². The van der Waals surface area contributed by atoms with Crippen LogP contribution in [0.1, 0.15) is 19.3 Å². The highest BCUT2D eigenvalue weighted by molar-refractivity contribution is 6.22. The van der Waals surface area contributed by atoms with Gasteiger partial charge in [0.2, 0.25) is 0 Å². The van der Waals surface area contributed by atoms with Crippen LogP contribution in [-0.4, -0.2) is 23.5 Å². The topological polar surface area (TPSA) is 0 Å². The normalized spacial score (nSPS) is 44.7. The molecule has 0 N–H and O–H groups in total. The quantitative estimate of drug-likeness (QED) is 0.375. The molecule has 1 fully saturated rings. The Balaban J connectivity index is 2.35. The van der Waals surface area contributed by atoms with Crippen LogP contribution >= 0.6 is 0 Å². The van der Waals surface area contributed by atoms with Gasteiger partial charge in [0.25, 0.3) is 0 Å². The van der Waals surface area contributed by atoms with E-state index in [0.29, 0.717) is 0 Å². The molecule has 0 aromatic carbocycles. The Kier molecular flexibility index (Phi) is 2.31. The highest BCUT2D eigenvalue weighted by Crippen LogP contribution is 2.39. The lowest BCUT2D eigenvalue weighted by atomic mass is 9.55. The van der Waals surface area contributed by atoms with Crippen molar-refractivity contribution in [3.8, 4) is 0 Å². The molecule has 0 aliphatic heterocycles. The van der Waals surface area contributed by atoms with E-state index in [0.717, 1.165) is 17.5 Å². The maximum Gasteiger partial charge on any atom is 0.105 e. The van der Waals surface area contributed by atoms with Crippen molar-refractivity contribution in [3.63, 3.8) is 0 Å². The van der Waals surface area contributed by atoms with Crippen LogP contribution in [0.4, 0.5) is 0 Å². The minimum absolute atomic E-state index is 0.980. The van der Waals surface area contributed by atoms with Crippen molar-refractivity contribution < 1.29 is 0 Å². The van der Waals surface area contributed by atoms with Gasteiger partial charge in [0.05, 0.1) is 0 Å². The van der Waals surface area contributed by atoms with Gasteiger partial charge in [0, 0.05) is 0 Å². The van der Waals surface area contributed by atoms with Crippen LogP contribution in [0.2, 0.25) is 17.5 Å². The minimum Gasteiger partial charge on any atom is -0.0743 e. The van der Waals surface area contributed by atoms with Gasteiger partial charge in [-0.05, 0) is 0 Å². The lowest BCUT2D eigenvalue weighted by molar-refractivity contribution is 0.504. The monoisotopic (exact) mass is 120 g/mol. The average molecular weight is 120 g/mol. The predicted molar refractivity (Wildman–Crippen MR) is 50.7 cm³/mol. The summed E-state index contributed by atoms with van der Waals surface area (Å²) in [5.74, 6) is 2.96. The van der Waals surface area contributed by atoms with Crippen molar-refractivity contribution >= 4 is 23.5 Å². The second kappa shape index (κ2) is 2.85. The largest absolute Gasteiger partial charge is 0.105 e. The smallest absolute Gasteiger partial charge is 0.0743 e. The molecule has 3 heteroatoms. The van der Waals surface area contributed by atoms with E-state index in [1.165, 1.54) is 19.3 Å². The molecule has 0 nitrogen and oxygen atoms in total. The second-order valence-electron chi connectivity index (χ2n) is 3.87. The summed E-state index contributed by atoms with van der Waals surface area (Å²) in [5, 5.41) is 0. The van der Waals surface area contributed by atoms with Gasteiger partial charge < -0.3 is 0 Å². The highest BCUT2D eigenvalue weighted by atomic mass is 14.2. The van der Waals surface area contributed by atoms with Gasteiger partial charge in [-0.3, -0.25) is 0 Å². The first-order chi connectivity index (χ1) is 4.20. The van der Waals surface area contributed by atoms with E-state index in [2.05, 4.69) is 23.5 Å². The summed E-state index contributed by atoms with van der Waals surface area (Å²) in [5.41, 5.74) is 0. The van der Waals surface area contributed by atoms with Crippen LogP contribution in [0.5, 0.6) is 0 Å². The van der Waals surface area contributed by atoms with Crippen LogP contribution in [0.15, 0.2) is 0 Å². The Bertz CT molecular complexity index is 94.3. The first kappa shape index (κ1) is 7.30. The molecule has 0 amide bonds. The van der Waals surface area contributed by atoms with Crippen molar-refractivity contribution in [1.82, 2.24) is 0 Å². The van der Waals surface area contributed by atoms with Crippen molar-refractivity contribution in [1.29, 1.82) is 0 Å². The van der Waals surface area contributed by atoms with E-state index in [-0.39, 0.29) is 0 Å². The summed E-state index contributed by atoms with van der Waals surface area (Å²) in [6, 6.07) is 0. The van der Waals surface area contributed by atoms with E-state index in [1.54, 1.807) is 0 Å². The molecule has 9 heavy (non-hydrogen) atoms. The van der Waals surface area contributed by atoms with Gasteiger partial charge in [-0.25, -0.2) is 0 Å². The molecule has 1 saturated carbocycles. The minimum atomic E-state index is 0.980. The lowest BCUT2D eigenvalue weighted by Gasteiger charge is -2.30. The molecule has 3 unspecified atom stereocenters. The predicted octanol–water partition coefficient (Wildman–Crippen LogP) is -0.565. The summed E-state index contributed by atoms with van der Waals surface area (Å²) in [6.07, 6.45) is 4.38. The standard InChI is InChI=1S/C6H15B3/c7-4-1-2-5(8)6(9)3-4/h4-6H,1-3,7-9H2. The third kappa shape index (κ3) is 1.81. The Morgan fingerprint density at radius 1 is 0.889 bits per heavy atom. The fourth-order valence-corrected chi connectivity index (χ4v) is 1.82. The van der Waals surface area contributed by atoms with Crippen LogP contribution < -0.4 is 0 Å². The molecule has 0 saturated heterocycles. The molecule has 0 aromatic heterocycles. The van der Waals surface area contributed by atoms with E-state index in [9.17, 15) is 0 Å². The number of rotatable bonds is 0. The SMILES string of the molecule is BC1CCC(B)C(B)C1. The van der Waals surface area contributed by atoms with Crippen LogP contribution in [0.3, 0.4) is 0 Å². The molecule has 1 aliphatic rings. The molecule has 1 aliphatic carbocycles. The van der Waals surface area contributed by atoms with Crippen molar-refractivity contribution in [2.75, 3.05) is 0 Å². The average Bonchev–Trinajstić information content (AvgIpc) is 1.80. The zero-order valence-electron chi connectivity index (χ0n) is 6.85. The molecule has 0 aromatic rings. The summed E-state index contributed by atoms with van der Waals surface area (Å²) in [4.78, 5) is 0. The molecule has 3 atom stereocenters. The Hall–Kier alpha value is 0.195. The zero-order valence-corrected chi connectivity index (χ0v) is 6.85. The first-order valence-electron chi connectivity index (χ1n) is 4.20. The van der Waals surface area contributed by atoms with Gasteiger partial charge in [0.15, 0.2) is 0 Å². The maximum absolute atomic E-state index is 2.39. The Morgan fingerprint density at radius 2 is 1.56 bits per heavy atom. The zero-order chi connectivity index (χ0) is 6.85. The molecule has 0 heterocycles. The van der Waals surface area contributed by atoms with Crippen molar-refractivity contribution in [2.45, 2.75) is 36.7 Å². The number of hydrogen-bond donors (Lipinski definition) is 0. The van der Waals surface area contributed by atoms with Crippen molar-refractivity contribution in [3.05, 3.63) is 0 Å². The van der Waals surface area contributed by atoms with Gasteiger partial charge >= 0.3 is 0 Å². The summed E-state index contributed by atoms with van der Waals surface area (Å²) in [6.45, 7) is 0. The molecular formula is C6H15B3. The lowest BCUT2D eigenvalue weighted by Crippen LogP contribution is -2.13. The summed E-state index contributed by atoms with van der Waals surface area (Å²) < 4.78 is 0. The van der Waals surface area contributed by atoms with Crippen LogP contribution in [0.25, 0.3) is 0 Å². The van der Waals surface area contributed by atoms with E-state index >= 15 is 0 Å². The van der Waals surface area contributed by atoms with E-state index in [1.807, 2.05) is 0 Å². The second-order valence-corrected chi connectivity index (χ2v) is 3.87. The Morgan fingerprint density at radius 3 is 2.00 bits per heavy atom. The first-order valence-corrected chi connectivity index (χ1v) is 4.20. The fraction of sp³-hybridized carbons (Fsp3) is 1.00.